The smallest absolute Gasteiger partial charge is 0.211 e. The molecule has 0 atom stereocenters. The third kappa shape index (κ3) is 3.39. The number of fused-ring (bicyclic) bond motifs is 1. The van der Waals surface area contributed by atoms with Gasteiger partial charge in [0.1, 0.15) is 0 Å². The Hall–Kier alpha value is -1.47. The van der Waals surface area contributed by atoms with E-state index in [9.17, 15) is 0 Å². The van der Waals surface area contributed by atoms with E-state index in [1.54, 1.807) is 12.3 Å². The topological polar surface area (TPSA) is 59.5 Å². The summed E-state index contributed by atoms with van der Waals surface area (Å²) in [4.78, 5) is 13.4. The molecular weight excluding hydrogens is 389 g/mol. The zero-order valence-electron chi connectivity index (χ0n) is 14.1. The van der Waals surface area contributed by atoms with Gasteiger partial charge in [-0.2, -0.15) is 0 Å². The Balaban J connectivity index is 1.65. The van der Waals surface area contributed by atoms with Gasteiger partial charge < -0.3 is 10.6 Å². The Labute approximate surface area is 166 Å². The number of nitrogens with zero attached hydrogens (tertiary/aromatic N) is 4. The Bertz CT molecular complexity index is 921. The average Bonchev–Trinajstić information content (AvgIpc) is 3.16. The number of nitrogens with two attached hydrogens (primary N) is 1. The minimum atomic E-state index is 0.545. The third-order valence-electron chi connectivity index (χ3n) is 4.74. The van der Waals surface area contributed by atoms with Crippen LogP contribution in [0.1, 0.15) is 12.8 Å². The minimum absolute atomic E-state index is 0.545. The molecule has 1 fully saturated rings. The molecule has 1 saturated heterocycles. The monoisotopic (exact) mass is 407 g/mol. The molecule has 5 nitrogen and oxygen atoms in total. The van der Waals surface area contributed by atoms with Gasteiger partial charge in [0.2, 0.25) is 5.95 Å². The maximum Gasteiger partial charge on any atom is 0.211 e. The van der Waals surface area contributed by atoms with Gasteiger partial charge in [0, 0.05) is 36.6 Å². The highest BCUT2D eigenvalue weighted by atomic mass is 35.5. The van der Waals surface area contributed by atoms with Crippen LogP contribution >= 0.6 is 35.0 Å². The average molecular weight is 408 g/mol. The van der Waals surface area contributed by atoms with Crippen LogP contribution < -0.4 is 10.6 Å². The predicted molar refractivity (Wildman–Crippen MR) is 108 cm³/mol. The fourth-order valence-electron chi connectivity index (χ4n) is 3.24. The van der Waals surface area contributed by atoms with E-state index in [-0.39, 0.29) is 0 Å². The normalized spacial score (nSPS) is 15.7. The number of anilines is 1. The van der Waals surface area contributed by atoms with Crippen LogP contribution in [0.25, 0.3) is 5.65 Å². The van der Waals surface area contributed by atoms with Crippen molar-refractivity contribution in [2.75, 3.05) is 24.5 Å². The lowest BCUT2D eigenvalue weighted by molar-refractivity contribution is 0.410. The van der Waals surface area contributed by atoms with Crippen molar-refractivity contribution in [3.05, 3.63) is 46.8 Å². The second-order valence-electron chi connectivity index (χ2n) is 6.36. The molecule has 1 aliphatic rings. The fraction of sp³-hybridized carbons (Fsp3) is 0.333. The highest BCUT2D eigenvalue weighted by molar-refractivity contribution is 7.99. The molecule has 0 bridgehead atoms. The number of rotatable bonds is 4. The van der Waals surface area contributed by atoms with Gasteiger partial charge in [-0.25, -0.2) is 9.97 Å². The van der Waals surface area contributed by atoms with Crippen molar-refractivity contribution < 1.29 is 0 Å². The predicted octanol–water partition coefficient (Wildman–Crippen LogP) is 4.36. The molecule has 2 aromatic heterocycles. The van der Waals surface area contributed by atoms with E-state index in [1.807, 2.05) is 28.9 Å². The highest BCUT2D eigenvalue weighted by Gasteiger charge is 2.22. The van der Waals surface area contributed by atoms with Gasteiger partial charge in [0.15, 0.2) is 5.65 Å². The number of benzene rings is 1. The van der Waals surface area contributed by atoms with Crippen LogP contribution in [0, 0.1) is 5.92 Å². The highest BCUT2D eigenvalue weighted by Crippen LogP contribution is 2.38. The first-order chi connectivity index (χ1) is 12.7. The molecule has 0 amide bonds. The summed E-state index contributed by atoms with van der Waals surface area (Å²) < 4.78 is 2.05. The number of hydrogen-bond acceptors (Lipinski definition) is 5. The van der Waals surface area contributed by atoms with Crippen molar-refractivity contribution in [3.63, 3.8) is 0 Å². The van der Waals surface area contributed by atoms with E-state index in [1.165, 1.54) is 11.8 Å². The maximum atomic E-state index is 6.33. The van der Waals surface area contributed by atoms with Crippen LogP contribution in [0.3, 0.4) is 0 Å². The standard InChI is InChI=1S/C18H19Cl2N5S/c19-13-2-1-3-14(16(13)20)26-15-11-23-18(25-9-6-22-17(15)25)24-7-4-12(10-21)5-8-24/h1-3,6,9,11-12H,4-5,7-8,10,21H2. The molecule has 2 N–H and O–H groups in total. The molecule has 8 heteroatoms. The Morgan fingerprint density at radius 1 is 1.15 bits per heavy atom. The molecule has 4 rings (SSSR count). The number of imidazole rings is 1. The number of aromatic nitrogens is 3. The maximum absolute atomic E-state index is 6.33. The quantitative estimate of drug-likeness (QED) is 0.695. The first-order valence-corrected chi connectivity index (χ1v) is 10.1. The van der Waals surface area contributed by atoms with Crippen LogP contribution in [0.5, 0.6) is 0 Å². The molecule has 0 unspecified atom stereocenters. The molecule has 1 aliphatic heterocycles. The van der Waals surface area contributed by atoms with Crippen LogP contribution in [-0.4, -0.2) is 34.0 Å². The van der Waals surface area contributed by atoms with Gasteiger partial charge in [0.25, 0.3) is 0 Å². The molecule has 0 aliphatic carbocycles. The summed E-state index contributed by atoms with van der Waals surface area (Å²) in [6.45, 7) is 2.70. The van der Waals surface area contributed by atoms with Crippen molar-refractivity contribution in [1.82, 2.24) is 14.4 Å². The van der Waals surface area contributed by atoms with E-state index in [2.05, 4.69) is 9.88 Å². The summed E-state index contributed by atoms with van der Waals surface area (Å²) in [5, 5.41) is 1.10. The molecular formula is C18H19Cl2N5S. The van der Waals surface area contributed by atoms with Gasteiger partial charge in [-0.1, -0.05) is 41.0 Å². The number of piperidine rings is 1. The van der Waals surface area contributed by atoms with Gasteiger partial charge >= 0.3 is 0 Å². The van der Waals surface area contributed by atoms with Gasteiger partial charge in [-0.3, -0.25) is 4.40 Å². The molecule has 0 radical (unpaired) electrons. The van der Waals surface area contributed by atoms with Crippen LogP contribution in [0.15, 0.2) is 46.6 Å². The Kier molecular flexibility index (Phi) is 5.27. The van der Waals surface area contributed by atoms with Gasteiger partial charge in [-0.05, 0) is 37.4 Å². The third-order valence-corrected chi connectivity index (χ3v) is 6.74. The van der Waals surface area contributed by atoms with E-state index in [0.717, 1.165) is 53.9 Å². The molecule has 26 heavy (non-hydrogen) atoms. The lowest BCUT2D eigenvalue weighted by Crippen LogP contribution is -2.37. The molecule has 1 aromatic carbocycles. The Morgan fingerprint density at radius 2 is 1.96 bits per heavy atom. The summed E-state index contributed by atoms with van der Waals surface area (Å²) in [6, 6.07) is 5.62. The van der Waals surface area contributed by atoms with Crippen LogP contribution in [0.2, 0.25) is 10.0 Å². The molecule has 136 valence electrons. The summed E-state index contributed by atoms with van der Waals surface area (Å²) in [6.07, 6.45) is 7.83. The second kappa shape index (κ2) is 7.64. The zero-order chi connectivity index (χ0) is 18.1. The largest absolute Gasteiger partial charge is 0.342 e. The van der Waals surface area contributed by atoms with Crippen molar-refractivity contribution in [2.24, 2.45) is 11.7 Å². The first kappa shape index (κ1) is 17.9. The van der Waals surface area contributed by atoms with E-state index in [0.29, 0.717) is 16.0 Å². The summed E-state index contributed by atoms with van der Waals surface area (Å²) in [5.41, 5.74) is 6.68. The summed E-state index contributed by atoms with van der Waals surface area (Å²) in [7, 11) is 0. The van der Waals surface area contributed by atoms with Gasteiger partial charge in [0.05, 0.1) is 14.9 Å². The van der Waals surface area contributed by atoms with E-state index in [4.69, 9.17) is 33.9 Å². The SMILES string of the molecule is NCC1CCN(c2ncc(Sc3cccc(Cl)c3Cl)c3nccn23)CC1. The van der Waals surface area contributed by atoms with Crippen LogP contribution in [0.4, 0.5) is 5.95 Å². The lowest BCUT2D eigenvalue weighted by Gasteiger charge is -2.32. The first-order valence-electron chi connectivity index (χ1n) is 8.56. The number of halogens is 2. The lowest BCUT2D eigenvalue weighted by atomic mass is 9.97. The van der Waals surface area contributed by atoms with Gasteiger partial charge in [-0.15, -0.1) is 0 Å². The van der Waals surface area contributed by atoms with Crippen molar-refractivity contribution >= 4 is 46.6 Å². The summed E-state index contributed by atoms with van der Waals surface area (Å²) in [5.74, 6) is 1.54. The Morgan fingerprint density at radius 3 is 2.73 bits per heavy atom. The van der Waals surface area contributed by atoms with E-state index < -0.39 is 0 Å². The summed E-state index contributed by atoms with van der Waals surface area (Å²) >= 11 is 14.0. The van der Waals surface area contributed by atoms with Crippen LogP contribution in [-0.2, 0) is 0 Å². The zero-order valence-corrected chi connectivity index (χ0v) is 16.4. The second-order valence-corrected chi connectivity index (χ2v) is 8.23. The fourth-order valence-corrected chi connectivity index (χ4v) is 4.64. The minimum Gasteiger partial charge on any atom is -0.342 e. The molecule has 3 heterocycles. The molecule has 0 saturated carbocycles. The van der Waals surface area contributed by atoms with Crippen molar-refractivity contribution in [3.8, 4) is 0 Å². The molecule has 3 aromatic rings. The van der Waals surface area contributed by atoms with Crippen molar-refractivity contribution in [1.29, 1.82) is 0 Å². The van der Waals surface area contributed by atoms with E-state index >= 15 is 0 Å². The molecule has 0 spiro atoms. The van der Waals surface area contributed by atoms with Crippen molar-refractivity contribution in [2.45, 2.75) is 22.6 Å². The number of hydrogen-bond donors (Lipinski definition) is 1.